The lowest BCUT2D eigenvalue weighted by molar-refractivity contribution is 0.314. The fraction of sp³-hybridized carbons (Fsp3) is 0.300. The largest absolute Gasteiger partial charge is 0.374 e. The van der Waals surface area contributed by atoms with Crippen molar-refractivity contribution >= 4 is 16.5 Å². The second-order valence-electron chi connectivity index (χ2n) is 3.53. The average Bonchev–Trinajstić information content (AvgIpc) is 2.65. The Morgan fingerprint density at radius 3 is 2.81 bits per heavy atom. The Labute approximate surface area is 98.0 Å². The fourth-order valence-electron chi connectivity index (χ4n) is 1.39. The summed E-state index contributed by atoms with van der Waals surface area (Å²) in [4.78, 5) is 6.39. The van der Waals surface area contributed by atoms with Gasteiger partial charge in [0.15, 0.2) is 0 Å². The Kier molecular flexibility index (Phi) is 3.43. The van der Waals surface area contributed by atoms with E-state index in [2.05, 4.69) is 20.1 Å². The molecule has 0 spiro atoms. The van der Waals surface area contributed by atoms with Gasteiger partial charge in [0.2, 0.25) is 5.13 Å². The number of anilines is 1. The summed E-state index contributed by atoms with van der Waals surface area (Å²) in [5, 5.41) is 9.20. The number of hydrogen-bond donors (Lipinski definition) is 1. The van der Waals surface area contributed by atoms with Crippen molar-refractivity contribution < 1.29 is 0 Å². The van der Waals surface area contributed by atoms with Crippen LogP contribution >= 0.6 is 11.3 Å². The Morgan fingerprint density at radius 2 is 2.19 bits per heavy atom. The van der Waals surface area contributed by atoms with E-state index in [1.165, 1.54) is 11.3 Å². The molecule has 0 aliphatic carbocycles. The first kappa shape index (κ1) is 11.0. The van der Waals surface area contributed by atoms with Crippen molar-refractivity contribution in [2.24, 2.45) is 0 Å². The smallest absolute Gasteiger partial charge is 0.203 e. The zero-order chi connectivity index (χ0) is 11.4. The van der Waals surface area contributed by atoms with Crippen molar-refractivity contribution in [3.05, 3.63) is 35.1 Å². The molecule has 0 aliphatic heterocycles. The summed E-state index contributed by atoms with van der Waals surface area (Å²) < 4.78 is 0. The lowest BCUT2D eigenvalue weighted by atomic mass is 10.3. The summed E-state index contributed by atoms with van der Waals surface area (Å²) in [5.41, 5.74) is 6.56. The lowest BCUT2D eigenvalue weighted by Crippen LogP contribution is -2.17. The predicted octanol–water partition coefficient (Wildman–Crippen LogP) is 1.15. The van der Waals surface area contributed by atoms with E-state index in [9.17, 15) is 0 Å². The van der Waals surface area contributed by atoms with E-state index in [4.69, 9.17) is 5.73 Å². The molecule has 0 saturated heterocycles. The van der Waals surface area contributed by atoms with E-state index in [1.807, 2.05) is 25.2 Å². The summed E-state index contributed by atoms with van der Waals surface area (Å²) in [5.74, 6) is 0. The van der Waals surface area contributed by atoms with Crippen LogP contribution < -0.4 is 5.73 Å². The van der Waals surface area contributed by atoms with Crippen LogP contribution in [0.5, 0.6) is 0 Å². The molecule has 0 amide bonds. The van der Waals surface area contributed by atoms with Crippen molar-refractivity contribution in [2.75, 3.05) is 12.8 Å². The number of hydrogen-bond acceptors (Lipinski definition) is 6. The number of nitrogens with two attached hydrogens (primary N) is 1. The van der Waals surface area contributed by atoms with E-state index in [0.29, 0.717) is 5.13 Å². The van der Waals surface area contributed by atoms with Gasteiger partial charge in [0.25, 0.3) is 0 Å². The molecule has 0 aromatic carbocycles. The number of nitrogens with zero attached hydrogens (tertiary/aromatic N) is 4. The van der Waals surface area contributed by atoms with Crippen molar-refractivity contribution in [1.82, 2.24) is 20.1 Å². The van der Waals surface area contributed by atoms with Crippen LogP contribution in [0.4, 0.5) is 5.13 Å². The van der Waals surface area contributed by atoms with Crippen LogP contribution in [0, 0.1) is 0 Å². The van der Waals surface area contributed by atoms with E-state index >= 15 is 0 Å². The van der Waals surface area contributed by atoms with Crippen molar-refractivity contribution in [3.8, 4) is 0 Å². The molecule has 0 radical (unpaired) electrons. The van der Waals surface area contributed by atoms with Gasteiger partial charge in [-0.25, -0.2) is 0 Å². The molecule has 0 saturated carbocycles. The number of rotatable bonds is 4. The zero-order valence-electron chi connectivity index (χ0n) is 9.00. The van der Waals surface area contributed by atoms with Crippen molar-refractivity contribution in [1.29, 1.82) is 0 Å². The summed E-state index contributed by atoms with van der Waals surface area (Å²) >= 11 is 1.42. The highest BCUT2D eigenvalue weighted by Gasteiger charge is 2.06. The quantitative estimate of drug-likeness (QED) is 0.861. The SMILES string of the molecule is CN(Cc1ccccn1)Cc1nnc(N)s1. The summed E-state index contributed by atoms with van der Waals surface area (Å²) in [6.07, 6.45) is 1.80. The first-order chi connectivity index (χ1) is 7.74. The second kappa shape index (κ2) is 5.00. The van der Waals surface area contributed by atoms with Crippen LogP contribution in [-0.4, -0.2) is 27.1 Å². The van der Waals surface area contributed by atoms with Gasteiger partial charge in [-0.3, -0.25) is 9.88 Å². The predicted molar refractivity (Wildman–Crippen MR) is 63.7 cm³/mol. The molecule has 16 heavy (non-hydrogen) atoms. The molecule has 0 fully saturated rings. The first-order valence-corrected chi connectivity index (χ1v) is 5.72. The zero-order valence-corrected chi connectivity index (χ0v) is 9.81. The van der Waals surface area contributed by atoms with Gasteiger partial charge < -0.3 is 5.73 Å². The maximum atomic E-state index is 5.52. The molecule has 0 atom stereocenters. The first-order valence-electron chi connectivity index (χ1n) is 4.90. The Balaban J connectivity index is 1.92. The van der Waals surface area contributed by atoms with Crippen molar-refractivity contribution in [3.63, 3.8) is 0 Å². The van der Waals surface area contributed by atoms with E-state index in [1.54, 1.807) is 6.20 Å². The van der Waals surface area contributed by atoms with E-state index < -0.39 is 0 Å². The molecular formula is C10H13N5S. The molecule has 5 nitrogen and oxygen atoms in total. The highest BCUT2D eigenvalue weighted by molar-refractivity contribution is 7.15. The molecule has 2 aromatic heterocycles. The molecule has 6 heteroatoms. The minimum atomic E-state index is 0.515. The highest BCUT2D eigenvalue weighted by Crippen LogP contribution is 2.13. The van der Waals surface area contributed by atoms with Crippen LogP contribution in [0.3, 0.4) is 0 Å². The minimum Gasteiger partial charge on any atom is -0.374 e. The third-order valence-corrected chi connectivity index (χ3v) is 2.78. The van der Waals surface area contributed by atoms with Gasteiger partial charge in [-0.1, -0.05) is 17.4 Å². The van der Waals surface area contributed by atoms with Gasteiger partial charge in [0.1, 0.15) is 5.01 Å². The van der Waals surface area contributed by atoms with E-state index in [-0.39, 0.29) is 0 Å². The molecule has 2 heterocycles. The fourth-order valence-corrected chi connectivity index (χ4v) is 2.08. The van der Waals surface area contributed by atoms with Crippen LogP contribution in [0.25, 0.3) is 0 Å². The summed E-state index contributed by atoms with van der Waals surface area (Å²) in [6.45, 7) is 1.53. The monoisotopic (exact) mass is 235 g/mol. The Hall–Kier alpha value is -1.53. The van der Waals surface area contributed by atoms with Gasteiger partial charge >= 0.3 is 0 Å². The lowest BCUT2D eigenvalue weighted by Gasteiger charge is -2.13. The normalized spacial score (nSPS) is 10.9. The molecule has 0 bridgehead atoms. The van der Waals surface area contributed by atoms with Gasteiger partial charge in [0, 0.05) is 12.7 Å². The number of aromatic nitrogens is 3. The minimum absolute atomic E-state index is 0.515. The maximum absolute atomic E-state index is 5.52. The number of pyridine rings is 1. The Morgan fingerprint density at radius 1 is 1.31 bits per heavy atom. The van der Waals surface area contributed by atoms with Crippen LogP contribution in [-0.2, 0) is 13.1 Å². The molecular weight excluding hydrogens is 222 g/mol. The average molecular weight is 235 g/mol. The molecule has 0 aliphatic rings. The van der Waals surface area contributed by atoms with Crippen LogP contribution in [0.1, 0.15) is 10.7 Å². The summed E-state index contributed by atoms with van der Waals surface area (Å²) in [7, 11) is 2.02. The molecule has 2 aromatic rings. The molecule has 2 N–H and O–H groups in total. The molecule has 2 rings (SSSR count). The van der Waals surface area contributed by atoms with Gasteiger partial charge in [-0.2, -0.15) is 0 Å². The van der Waals surface area contributed by atoms with Crippen molar-refractivity contribution in [2.45, 2.75) is 13.1 Å². The van der Waals surface area contributed by atoms with Crippen LogP contribution in [0.15, 0.2) is 24.4 Å². The molecule has 84 valence electrons. The van der Waals surface area contributed by atoms with Crippen LogP contribution in [0.2, 0.25) is 0 Å². The summed E-state index contributed by atoms with van der Waals surface area (Å²) in [6, 6.07) is 5.90. The van der Waals surface area contributed by atoms with Gasteiger partial charge in [0.05, 0.1) is 12.2 Å². The number of nitrogen functional groups attached to an aromatic ring is 1. The van der Waals surface area contributed by atoms with Gasteiger partial charge in [-0.15, -0.1) is 10.2 Å². The molecule has 0 unspecified atom stereocenters. The standard InChI is InChI=1S/C10H13N5S/c1-15(6-8-4-2-3-5-12-8)7-9-13-14-10(11)16-9/h2-5H,6-7H2,1H3,(H2,11,14). The Bertz CT molecular complexity index is 441. The van der Waals surface area contributed by atoms with E-state index in [0.717, 1.165) is 23.8 Å². The third-order valence-electron chi connectivity index (χ3n) is 2.05. The highest BCUT2D eigenvalue weighted by atomic mass is 32.1. The second-order valence-corrected chi connectivity index (χ2v) is 4.62. The van der Waals surface area contributed by atoms with Gasteiger partial charge in [-0.05, 0) is 19.2 Å². The topological polar surface area (TPSA) is 67.9 Å². The third kappa shape index (κ3) is 2.98. The maximum Gasteiger partial charge on any atom is 0.203 e.